The van der Waals surface area contributed by atoms with E-state index in [0.717, 1.165) is 28.0 Å². The van der Waals surface area contributed by atoms with Crippen LogP contribution in [0.4, 0.5) is 0 Å². The van der Waals surface area contributed by atoms with Crippen LogP contribution in [0.5, 0.6) is 0 Å². The SMILES string of the molecule is Cc1ccc([C@H](C)NS(=O)(=O)c2ccc3c(c2)sc(=O)n3Cc2ccc(Cl)cc2)cc1. The molecule has 0 saturated heterocycles. The fourth-order valence-electron chi connectivity index (χ4n) is 3.36. The zero-order valence-electron chi connectivity index (χ0n) is 17.0. The highest BCUT2D eigenvalue weighted by Crippen LogP contribution is 2.24. The van der Waals surface area contributed by atoms with Crippen LogP contribution in [0.2, 0.25) is 5.02 Å². The lowest BCUT2D eigenvalue weighted by molar-refractivity contribution is 0.567. The largest absolute Gasteiger partial charge is 0.308 e. The van der Waals surface area contributed by atoms with Gasteiger partial charge >= 0.3 is 4.87 Å². The third kappa shape index (κ3) is 4.75. The third-order valence-corrected chi connectivity index (χ3v) is 7.85. The molecule has 0 fully saturated rings. The Labute approximate surface area is 190 Å². The molecule has 0 aliphatic rings. The number of hydrogen-bond donors (Lipinski definition) is 1. The van der Waals surface area contributed by atoms with Crippen molar-refractivity contribution in [3.8, 4) is 0 Å². The van der Waals surface area contributed by atoms with Crippen molar-refractivity contribution in [2.45, 2.75) is 31.3 Å². The lowest BCUT2D eigenvalue weighted by atomic mass is 10.1. The van der Waals surface area contributed by atoms with Gasteiger partial charge in [-0.05, 0) is 55.3 Å². The summed E-state index contributed by atoms with van der Waals surface area (Å²) in [5.41, 5.74) is 3.64. The molecule has 1 heterocycles. The second kappa shape index (κ2) is 8.59. The van der Waals surface area contributed by atoms with E-state index in [-0.39, 0.29) is 15.8 Å². The predicted octanol–water partition coefficient (Wildman–Crippen LogP) is 5.11. The molecular weight excluding hydrogens is 452 g/mol. The average Bonchev–Trinajstić information content (AvgIpc) is 3.04. The molecule has 0 aliphatic heterocycles. The van der Waals surface area contributed by atoms with E-state index < -0.39 is 10.0 Å². The maximum absolute atomic E-state index is 12.9. The summed E-state index contributed by atoms with van der Waals surface area (Å²) in [7, 11) is -3.75. The number of sulfonamides is 1. The summed E-state index contributed by atoms with van der Waals surface area (Å²) in [5.74, 6) is 0. The minimum Gasteiger partial charge on any atom is -0.294 e. The summed E-state index contributed by atoms with van der Waals surface area (Å²) in [6.07, 6.45) is 0. The van der Waals surface area contributed by atoms with E-state index in [1.165, 1.54) is 6.07 Å². The van der Waals surface area contributed by atoms with Crippen molar-refractivity contribution in [2.75, 3.05) is 0 Å². The molecular formula is C23H21ClN2O3S2. The van der Waals surface area contributed by atoms with Crippen LogP contribution in [0.25, 0.3) is 10.2 Å². The first kappa shape index (κ1) is 21.8. The van der Waals surface area contributed by atoms with Crippen molar-refractivity contribution < 1.29 is 8.42 Å². The van der Waals surface area contributed by atoms with Crippen LogP contribution in [-0.4, -0.2) is 13.0 Å². The Morgan fingerprint density at radius 1 is 1.03 bits per heavy atom. The summed E-state index contributed by atoms with van der Waals surface area (Å²) < 4.78 is 30.9. The Hall–Kier alpha value is -2.45. The van der Waals surface area contributed by atoms with Gasteiger partial charge in [0, 0.05) is 11.1 Å². The molecule has 0 bridgehead atoms. The van der Waals surface area contributed by atoms with Gasteiger partial charge in [-0.2, -0.15) is 0 Å². The summed E-state index contributed by atoms with van der Waals surface area (Å²) in [4.78, 5) is 12.6. The fraction of sp³-hybridized carbons (Fsp3) is 0.174. The Morgan fingerprint density at radius 3 is 2.39 bits per heavy atom. The van der Waals surface area contributed by atoms with Gasteiger partial charge < -0.3 is 0 Å². The summed E-state index contributed by atoms with van der Waals surface area (Å²) in [6.45, 7) is 4.19. The predicted molar refractivity (Wildman–Crippen MR) is 127 cm³/mol. The van der Waals surface area contributed by atoms with Crippen LogP contribution >= 0.6 is 22.9 Å². The highest BCUT2D eigenvalue weighted by Gasteiger charge is 2.20. The first-order valence-corrected chi connectivity index (χ1v) is 12.4. The molecule has 0 saturated carbocycles. The Balaban J connectivity index is 1.62. The second-order valence-corrected chi connectivity index (χ2v) is 10.6. The molecule has 0 amide bonds. The molecule has 1 aromatic heterocycles. The number of halogens is 1. The first-order valence-electron chi connectivity index (χ1n) is 9.70. The topological polar surface area (TPSA) is 68.2 Å². The minimum atomic E-state index is -3.75. The van der Waals surface area contributed by atoms with E-state index in [1.807, 2.05) is 50.2 Å². The van der Waals surface area contributed by atoms with Crippen molar-refractivity contribution in [2.24, 2.45) is 0 Å². The fourth-order valence-corrected chi connectivity index (χ4v) is 5.75. The number of benzene rings is 3. The average molecular weight is 473 g/mol. The number of rotatable bonds is 6. The molecule has 0 radical (unpaired) electrons. The van der Waals surface area contributed by atoms with Gasteiger partial charge in [-0.15, -0.1) is 0 Å². The van der Waals surface area contributed by atoms with E-state index in [4.69, 9.17) is 11.6 Å². The van der Waals surface area contributed by atoms with Gasteiger partial charge in [0.2, 0.25) is 10.0 Å². The van der Waals surface area contributed by atoms with Gasteiger partial charge in [0.05, 0.1) is 21.7 Å². The number of aryl methyl sites for hydroxylation is 1. The number of fused-ring (bicyclic) bond motifs is 1. The number of nitrogens with one attached hydrogen (secondary N) is 1. The highest BCUT2D eigenvalue weighted by atomic mass is 35.5. The van der Waals surface area contributed by atoms with Crippen molar-refractivity contribution in [3.63, 3.8) is 0 Å². The van der Waals surface area contributed by atoms with Crippen LogP contribution in [0.1, 0.15) is 29.7 Å². The first-order chi connectivity index (χ1) is 14.7. The molecule has 160 valence electrons. The zero-order valence-corrected chi connectivity index (χ0v) is 19.4. The van der Waals surface area contributed by atoms with Crippen LogP contribution in [0.3, 0.4) is 0 Å². The third-order valence-electron chi connectivity index (χ3n) is 5.11. The molecule has 31 heavy (non-hydrogen) atoms. The molecule has 5 nitrogen and oxygen atoms in total. The van der Waals surface area contributed by atoms with Gasteiger partial charge in [0.1, 0.15) is 0 Å². The van der Waals surface area contributed by atoms with Crippen LogP contribution in [-0.2, 0) is 16.6 Å². The van der Waals surface area contributed by atoms with E-state index >= 15 is 0 Å². The maximum atomic E-state index is 12.9. The molecule has 8 heteroatoms. The summed E-state index contributed by atoms with van der Waals surface area (Å²) in [6, 6.07) is 19.4. The molecule has 4 aromatic rings. The van der Waals surface area contributed by atoms with Crippen molar-refractivity contribution in [1.82, 2.24) is 9.29 Å². The summed E-state index contributed by atoms with van der Waals surface area (Å²) >= 11 is 6.97. The standard InChI is InChI=1S/C23H21ClN2O3S2/c1-15-3-7-18(8-4-15)16(2)25-31(28,29)20-11-12-21-22(13-20)30-23(27)26(21)14-17-5-9-19(24)10-6-17/h3-13,16,25H,14H2,1-2H3/t16-/m0/s1. The van der Waals surface area contributed by atoms with Gasteiger partial charge in [-0.25, -0.2) is 13.1 Å². The van der Waals surface area contributed by atoms with E-state index in [1.54, 1.807) is 28.8 Å². The van der Waals surface area contributed by atoms with Gasteiger partial charge in [0.25, 0.3) is 0 Å². The Kier molecular flexibility index (Phi) is 6.03. The van der Waals surface area contributed by atoms with Gasteiger partial charge in [-0.1, -0.05) is 64.9 Å². The highest BCUT2D eigenvalue weighted by molar-refractivity contribution is 7.89. The van der Waals surface area contributed by atoms with Crippen molar-refractivity contribution >= 4 is 43.2 Å². The lowest BCUT2D eigenvalue weighted by Crippen LogP contribution is -2.26. The number of nitrogens with zero attached hydrogens (tertiary/aromatic N) is 1. The van der Waals surface area contributed by atoms with E-state index in [9.17, 15) is 13.2 Å². The molecule has 1 N–H and O–H groups in total. The van der Waals surface area contributed by atoms with E-state index in [0.29, 0.717) is 21.8 Å². The molecule has 4 rings (SSSR count). The van der Waals surface area contributed by atoms with Gasteiger partial charge in [0.15, 0.2) is 0 Å². The van der Waals surface area contributed by atoms with Crippen molar-refractivity contribution in [1.29, 1.82) is 0 Å². The maximum Gasteiger partial charge on any atom is 0.308 e. The molecule has 0 spiro atoms. The lowest BCUT2D eigenvalue weighted by Gasteiger charge is -2.15. The molecule has 0 aliphatic carbocycles. The van der Waals surface area contributed by atoms with Crippen molar-refractivity contribution in [3.05, 3.63) is 98.1 Å². The quantitative estimate of drug-likeness (QED) is 0.424. The summed E-state index contributed by atoms with van der Waals surface area (Å²) in [5, 5.41) is 0.633. The number of hydrogen-bond acceptors (Lipinski definition) is 4. The smallest absolute Gasteiger partial charge is 0.294 e. The van der Waals surface area contributed by atoms with Crippen LogP contribution in [0.15, 0.2) is 76.4 Å². The Morgan fingerprint density at radius 2 is 1.71 bits per heavy atom. The zero-order chi connectivity index (χ0) is 22.2. The minimum absolute atomic E-state index is 0.138. The number of aromatic nitrogens is 1. The van der Waals surface area contributed by atoms with E-state index in [2.05, 4.69) is 4.72 Å². The Bertz CT molecular complexity index is 1390. The normalized spacial score (nSPS) is 12.9. The molecule has 0 unspecified atom stereocenters. The molecule has 1 atom stereocenters. The molecule has 3 aromatic carbocycles. The van der Waals surface area contributed by atoms with Crippen LogP contribution < -0.4 is 9.60 Å². The van der Waals surface area contributed by atoms with Crippen LogP contribution in [0, 0.1) is 6.92 Å². The van der Waals surface area contributed by atoms with Gasteiger partial charge in [-0.3, -0.25) is 9.36 Å². The monoisotopic (exact) mass is 472 g/mol. The number of thiazole rings is 1. The second-order valence-electron chi connectivity index (χ2n) is 7.46.